The zero-order valence-corrected chi connectivity index (χ0v) is 19.7. The molecule has 2 aliphatic carbocycles. The van der Waals surface area contributed by atoms with Crippen LogP contribution in [0.15, 0.2) is 29.6 Å². The molecular formula is C26H32FN3OS. The summed E-state index contributed by atoms with van der Waals surface area (Å²) in [7, 11) is 0. The van der Waals surface area contributed by atoms with Crippen LogP contribution in [-0.4, -0.2) is 32.4 Å². The van der Waals surface area contributed by atoms with Crippen LogP contribution in [0.3, 0.4) is 0 Å². The molecule has 0 bridgehead atoms. The van der Waals surface area contributed by atoms with Crippen molar-refractivity contribution in [2.45, 2.75) is 89.8 Å². The first-order chi connectivity index (χ1) is 15.6. The van der Waals surface area contributed by atoms with Gasteiger partial charge in [0.1, 0.15) is 12.4 Å². The van der Waals surface area contributed by atoms with Crippen LogP contribution in [0.25, 0.3) is 21.7 Å². The number of amides is 1. The first-order valence-electron chi connectivity index (χ1n) is 12.1. The van der Waals surface area contributed by atoms with Gasteiger partial charge in [0.25, 0.3) is 0 Å². The highest BCUT2D eigenvalue weighted by Crippen LogP contribution is 2.34. The van der Waals surface area contributed by atoms with Gasteiger partial charge in [-0.1, -0.05) is 38.5 Å². The number of imidazole rings is 1. The normalized spacial score (nSPS) is 18.3. The van der Waals surface area contributed by atoms with Crippen molar-refractivity contribution in [3.05, 3.63) is 41.0 Å². The van der Waals surface area contributed by atoms with Crippen LogP contribution >= 0.6 is 11.3 Å². The lowest BCUT2D eigenvalue weighted by Gasteiger charge is -2.42. The maximum absolute atomic E-state index is 14.2. The lowest BCUT2D eigenvalue weighted by Crippen LogP contribution is -2.50. The number of benzene rings is 1. The molecule has 3 aromatic rings. The van der Waals surface area contributed by atoms with Crippen LogP contribution in [0.1, 0.15) is 69.8 Å². The van der Waals surface area contributed by atoms with E-state index in [0.29, 0.717) is 17.6 Å². The molecule has 1 amide bonds. The molecule has 0 unspecified atom stereocenters. The molecule has 2 aromatic heterocycles. The fourth-order valence-corrected chi connectivity index (χ4v) is 6.60. The molecule has 0 radical (unpaired) electrons. The van der Waals surface area contributed by atoms with Crippen molar-refractivity contribution in [2.24, 2.45) is 0 Å². The van der Waals surface area contributed by atoms with E-state index in [2.05, 4.69) is 17.9 Å². The zero-order chi connectivity index (χ0) is 22.1. The van der Waals surface area contributed by atoms with Crippen LogP contribution in [0.4, 0.5) is 4.39 Å². The number of aryl methyl sites for hydroxylation is 1. The highest BCUT2D eigenvalue weighted by molar-refractivity contribution is 7.13. The van der Waals surface area contributed by atoms with E-state index in [1.165, 1.54) is 50.7 Å². The molecule has 0 saturated heterocycles. The predicted octanol–water partition coefficient (Wildman–Crippen LogP) is 6.71. The number of thiophene rings is 1. The molecule has 0 N–H and O–H groups in total. The summed E-state index contributed by atoms with van der Waals surface area (Å²) in [5.41, 5.74) is 2.58. The van der Waals surface area contributed by atoms with Gasteiger partial charge < -0.3 is 9.47 Å². The standard InChI is InChI=1S/C26H32FN3OS/c1-18-14-15-32-25(18)26-28-22-13-12-19(27)16-23(22)29(26)17-24(31)30(20-8-4-2-5-9-20)21-10-6-3-7-11-21/h12-16,20-21H,2-11,17H2,1H3. The van der Waals surface area contributed by atoms with Crippen molar-refractivity contribution in [3.63, 3.8) is 0 Å². The first-order valence-corrected chi connectivity index (χ1v) is 13.0. The molecular weight excluding hydrogens is 421 g/mol. The van der Waals surface area contributed by atoms with Crippen LogP contribution in [0.5, 0.6) is 0 Å². The SMILES string of the molecule is Cc1ccsc1-c1nc2ccc(F)cc2n1CC(=O)N(C1CCCCC1)C1CCCCC1. The monoisotopic (exact) mass is 453 g/mol. The molecule has 0 spiro atoms. The molecule has 5 rings (SSSR count). The number of hydrogen-bond acceptors (Lipinski definition) is 3. The van der Waals surface area contributed by atoms with Crippen molar-refractivity contribution >= 4 is 28.3 Å². The van der Waals surface area contributed by atoms with E-state index in [9.17, 15) is 9.18 Å². The van der Waals surface area contributed by atoms with Gasteiger partial charge in [-0.3, -0.25) is 4.79 Å². The number of fused-ring (bicyclic) bond motifs is 1. The largest absolute Gasteiger partial charge is 0.335 e. The third-order valence-corrected chi connectivity index (χ3v) is 8.31. The van der Waals surface area contributed by atoms with E-state index in [-0.39, 0.29) is 18.3 Å². The molecule has 2 heterocycles. The highest BCUT2D eigenvalue weighted by atomic mass is 32.1. The number of halogens is 1. The highest BCUT2D eigenvalue weighted by Gasteiger charge is 2.33. The quantitative estimate of drug-likeness (QED) is 0.431. The summed E-state index contributed by atoms with van der Waals surface area (Å²) >= 11 is 1.63. The molecule has 2 fully saturated rings. The summed E-state index contributed by atoms with van der Waals surface area (Å²) in [6.45, 7) is 2.29. The summed E-state index contributed by atoms with van der Waals surface area (Å²) in [5, 5.41) is 2.05. The Hall–Kier alpha value is -2.21. The fraction of sp³-hybridized carbons (Fsp3) is 0.538. The lowest BCUT2D eigenvalue weighted by molar-refractivity contribution is -0.138. The Kier molecular flexibility index (Phi) is 6.31. The third kappa shape index (κ3) is 4.21. The lowest BCUT2D eigenvalue weighted by atomic mass is 9.88. The number of nitrogens with zero attached hydrogens (tertiary/aromatic N) is 3. The molecule has 2 aliphatic rings. The van der Waals surface area contributed by atoms with Gasteiger partial charge in [0.15, 0.2) is 5.82 Å². The molecule has 2 saturated carbocycles. The summed E-state index contributed by atoms with van der Waals surface area (Å²) in [6, 6.07) is 7.45. The second-order valence-electron chi connectivity index (χ2n) is 9.47. The Bertz CT molecular complexity index is 1070. The molecule has 0 atom stereocenters. The van der Waals surface area contributed by atoms with Gasteiger partial charge in [0.2, 0.25) is 5.91 Å². The maximum Gasteiger partial charge on any atom is 0.243 e. The van der Waals surface area contributed by atoms with Gasteiger partial charge >= 0.3 is 0 Å². The summed E-state index contributed by atoms with van der Waals surface area (Å²) in [6.07, 6.45) is 11.8. The van der Waals surface area contributed by atoms with Gasteiger partial charge in [0.05, 0.1) is 15.9 Å². The van der Waals surface area contributed by atoms with Crippen molar-refractivity contribution in [1.29, 1.82) is 0 Å². The molecule has 4 nitrogen and oxygen atoms in total. The minimum absolute atomic E-state index is 0.169. The van der Waals surface area contributed by atoms with Crippen molar-refractivity contribution in [2.75, 3.05) is 0 Å². The average molecular weight is 454 g/mol. The summed E-state index contributed by atoms with van der Waals surface area (Å²) in [5.74, 6) is 0.651. The van der Waals surface area contributed by atoms with Gasteiger partial charge in [-0.25, -0.2) is 9.37 Å². The second-order valence-corrected chi connectivity index (χ2v) is 10.4. The number of aromatic nitrogens is 2. The minimum atomic E-state index is -0.294. The van der Waals surface area contributed by atoms with E-state index >= 15 is 0 Å². The van der Waals surface area contributed by atoms with Gasteiger partial charge in [-0.15, -0.1) is 11.3 Å². The smallest absolute Gasteiger partial charge is 0.243 e. The maximum atomic E-state index is 14.2. The van der Waals surface area contributed by atoms with Crippen LogP contribution in [0.2, 0.25) is 0 Å². The Morgan fingerprint density at radius 2 is 1.72 bits per heavy atom. The van der Waals surface area contributed by atoms with Crippen molar-refractivity contribution < 1.29 is 9.18 Å². The van der Waals surface area contributed by atoms with Crippen molar-refractivity contribution in [1.82, 2.24) is 14.5 Å². The first kappa shape index (κ1) is 21.6. The molecule has 0 aliphatic heterocycles. The molecule has 6 heteroatoms. The molecule has 170 valence electrons. The topological polar surface area (TPSA) is 38.1 Å². The fourth-order valence-electron chi connectivity index (χ4n) is 5.67. The number of rotatable bonds is 5. The van der Waals surface area contributed by atoms with E-state index in [4.69, 9.17) is 4.98 Å². The Morgan fingerprint density at radius 1 is 1.06 bits per heavy atom. The second kappa shape index (κ2) is 9.34. The van der Waals surface area contributed by atoms with Gasteiger partial charge in [0, 0.05) is 12.1 Å². The Labute approximate surface area is 193 Å². The van der Waals surface area contributed by atoms with Gasteiger partial charge in [-0.2, -0.15) is 0 Å². The number of carbonyl (C=O) groups excluding carboxylic acids is 1. The van der Waals surface area contributed by atoms with E-state index < -0.39 is 0 Å². The average Bonchev–Trinajstić information content (AvgIpc) is 3.38. The zero-order valence-electron chi connectivity index (χ0n) is 18.9. The van der Waals surface area contributed by atoms with Crippen LogP contribution in [0, 0.1) is 12.7 Å². The molecule has 1 aromatic carbocycles. The Morgan fingerprint density at radius 3 is 2.31 bits per heavy atom. The van der Waals surface area contributed by atoms with E-state index in [1.807, 2.05) is 9.95 Å². The predicted molar refractivity (Wildman–Crippen MR) is 128 cm³/mol. The van der Waals surface area contributed by atoms with Crippen LogP contribution in [-0.2, 0) is 11.3 Å². The van der Waals surface area contributed by atoms with Gasteiger partial charge in [-0.05, 0) is 67.8 Å². The number of carbonyl (C=O) groups is 1. The molecule has 32 heavy (non-hydrogen) atoms. The van der Waals surface area contributed by atoms with Crippen LogP contribution < -0.4 is 0 Å². The van der Waals surface area contributed by atoms with E-state index in [1.54, 1.807) is 17.4 Å². The van der Waals surface area contributed by atoms with Crippen molar-refractivity contribution in [3.8, 4) is 10.7 Å². The Balaban J connectivity index is 1.53. The summed E-state index contributed by atoms with van der Waals surface area (Å²) < 4.78 is 16.1. The number of hydrogen-bond donors (Lipinski definition) is 0. The van der Waals surface area contributed by atoms with E-state index in [0.717, 1.165) is 47.5 Å². The minimum Gasteiger partial charge on any atom is -0.335 e. The summed E-state index contributed by atoms with van der Waals surface area (Å²) in [4.78, 5) is 22.1. The third-order valence-electron chi connectivity index (χ3n) is 7.29.